The Labute approximate surface area is 245 Å². The molecule has 1 fully saturated rings. The molecule has 1 aliphatic carbocycles. The highest BCUT2D eigenvalue weighted by Crippen LogP contribution is 2.65. The van der Waals surface area contributed by atoms with E-state index in [1.54, 1.807) is 23.5 Å². The van der Waals surface area contributed by atoms with Gasteiger partial charge in [-0.25, -0.2) is 0 Å². The quantitative estimate of drug-likeness (QED) is 0.203. The van der Waals surface area contributed by atoms with Crippen LogP contribution in [0.2, 0.25) is 15.1 Å². The number of alkyl halides is 5. The molecule has 3 aromatic carbocycles. The first-order valence-electron chi connectivity index (χ1n) is 11.1. The third-order valence-corrected chi connectivity index (χ3v) is 7.65. The van der Waals surface area contributed by atoms with E-state index in [1.807, 2.05) is 0 Å². The Bertz CT molecular complexity index is 1440. The average molecular weight is 639 g/mol. The Hall–Kier alpha value is -2.49. The lowest BCUT2D eigenvalue weighted by atomic mass is 10.0. The van der Waals surface area contributed by atoms with E-state index in [0.29, 0.717) is 21.2 Å². The number of nitrogens with one attached hydrogen (secondary N) is 2. The molecule has 0 saturated heterocycles. The number of carbonyl (C=O) groups excluding carboxylic acids is 3. The largest absolute Gasteiger partial charge is 0.471 e. The fraction of sp³-hybridized carbons (Fsp3) is 0.192. The Morgan fingerprint density at radius 1 is 0.821 bits per heavy atom. The highest BCUT2D eigenvalue weighted by Gasteiger charge is 2.67. The molecule has 2 unspecified atom stereocenters. The van der Waals surface area contributed by atoms with Crippen LogP contribution in [-0.2, 0) is 16.0 Å². The topological polar surface area (TPSA) is 75.3 Å². The summed E-state index contributed by atoms with van der Waals surface area (Å²) >= 11 is 31.1. The monoisotopic (exact) mass is 636 g/mol. The van der Waals surface area contributed by atoms with E-state index < -0.39 is 39.9 Å². The van der Waals surface area contributed by atoms with Gasteiger partial charge in [-0.3, -0.25) is 14.4 Å². The zero-order valence-corrected chi connectivity index (χ0v) is 23.2. The van der Waals surface area contributed by atoms with Crippen molar-refractivity contribution in [1.29, 1.82) is 0 Å². The summed E-state index contributed by atoms with van der Waals surface area (Å²) in [5.41, 5.74) is 1.38. The van der Waals surface area contributed by atoms with E-state index in [4.69, 9.17) is 58.0 Å². The molecule has 39 heavy (non-hydrogen) atoms. The van der Waals surface area contributed by atoms with Crippen LogP contribution in [0.4, 0.5) is 24.5 Å². The van der Waals surface area contributed by atoms with Crippen molar-refractivity contribution in [2.24, 2.45) is 5.92 Å². The van der Waals surface area contributed by atoms with Crippen molar-refractivity contribution >= 4 is 87.0 Å². The fourth-order valence-corrected chi connectivity index (χ4v) is 5.64. The smallest absolute Gasteiger partial charge is 0.326 e. The zero-order chi connectivity index (χ0) is 28.7. The highest BCUT2D eigenvalue weighted by atomic mass is 35.5. The van der Waals surface area contributed by atoms with Crippen molar-refractivity contribution < 1.29 is 27.6 Å². The maximum Gasteiger partial charge on any atom is 0.471 e. The van der Waals surface area contributed by atoms with Crippen molar-refractivity contribution in [2.45, 2.75) is 22.8 Å². The van der Waals surface area contributed by atoms with Crippen molar-refractivity contribution in [1.82, 2.24) is 0 Å². The second kappa shape index (κ2) is 11.2. The first-order valence-corrected chi connectivity index (χ1v) is 13.0. The molecule has 0 heterocycles. The van der Waals surface area contributed by atoms with Crippen LogP contribution in [-0.4, -0.2) is 28.1 Å². The van der Waals surface area contributed by atoms with Crippen LogP contribution in [0.3, 0.4) is 0 Å². The molecule has 2 atom stereocenters. The van der Waals surface area contributed by atoms with Crippen LogP contribution in [0.5, 0.6) is 0 Å². The van der Waals surface area contributed by atoms with Crippen LogP contribution in [0.25, 0.3) is 0 Å². The number of carbonyl (C=O) groups is 3. The lowest BCUT2D eigenvalue weighted by Gasteiger charge is -2.10. The molecule has 0 radical (unpaired) electrons. The van der Waals surface area contributed by atoms with Gasteiger partial charge in [0, 0.05) is 39.3 Å². The molecule has 2 N–H and O–H groups in total. The second-order valence-electron chi connectivity index (χ2n) is 8.77. The maximum absolute atomic E-state index is 13.0. The number of anilines is 2. The minimum absolute atomic E-state index is 0.0793. The van der Waals surface area contributed by atoms with Gasteiger partial charge in [-0.1, -0.05) is 46.9 Å². The number of rotatable bonds is 7. The standard InChI is InChI=1S/C26H16Cl5F3N2O3/c27-14-8-13(9-15(28)10-14)21-22(25(21,30)31)23(38)35-17-5-6-19(29)18(11-17)20(37)7-12-1-3-16(4-2-12)36-24(39)26(32,33)34/h1-6,8-11,21-22H,7H2,(H,35,38)(H,36,39). The van der Waals surface area contributed by atoms with Crippen LogP contribution in [0.1, 0.15) is 27.4 Å². The summed E-state index contributed by atoms with van der Waals surface area (Å²) in [5.74, 6) is -4.38. The Morgan fingerprint density at radius 2 is 1.41 bits per heavy atom. The summed E-state index contributed by atoms with van der Waals surface area (Å²) in [6.45, 7) is 0. The molecule has 2 amide bonds. The van der Waals surface area contributed by atoms with Gasteiger partial charge in [-0.05, 0) is 59.7 Å². The first kappa shape index (κ1) is 29.5. The van der Waals surface area contributed by atoms with Gasteiger partial charge in [-0.15, -0.1) is 23.2 Å². The number of hydrogen-bond acceptors (Lipinski definition) is 3. The van der Waals surface area contributed by atoms with E-state index in [2.05, 4.69) is 5.32 Å². The lowest BCUT2D eigenvalue weighted by Crippen LogP contribution is -2.29. The van der Waals surface area contributed by atoms with Gasteiger partial charge in [0.05, 0.1) is 10.9 Å². The molecular formula is C26H16Cl5F3N2O3. The number of Topliss-reactive ketones (excluding diaryl/α,β-unsaturated/α-hetero) is 1. The number of amides is 2. The van der Waals surface area contributed by atoms with E-state index >= 15 is 0 Å². The molecule has 3 aromatic rings. The summed E-state index contributed by atoms with van der Waals surface area (Å²) < 4.78 is 35.9. The van der Waals surface area contributed by atoms with Crippen LogP contribution >= 0.6 is 58.0 Å². The molecule has 5 nitrogen and oxygen atoms in total. The fourth-order valence-electron chi connectivity index (χ4n) is 4.05. The number of hydrogen-bond donors (Lipinski definition) is 2. The van der Waals surface area contributed by atoms with Crippen molar-refractivity contribution in [3.63, 3.8) is 0 Å². The van der Waals surface area contributed by atoms with E-state index in [-0.39, 0.29) is 28.4 Å². The summed E-state index contributed by atoms with van der Waals surface area (Å²) in [4.78, 5) is 37.0. The van der Waals surface area contributed by atoms with Crippen molar-refractivity contribution in [3.8, 4) is 0 Å². The summed E-state index contributed by atoms with van der Waals surface area (Å²) in [6, 6.07) is 14.4. The molecule has 0 aliphatic heterocycles. The molecule has 0 aromatic heterocycles. The molecular weight excluding hydrogens is 623 g/mol. The second-order valence-corrected chi connectivity index (χ2v) is 11.5. The third-order valence-electron chi connectivity index (χ3n) is 5.95. The van der Waals surface area contributed by atoms with Gasteiger partial charge in [0.2, 0.25) is 5.91 Å². The Morgan fingerprint density at radius 3 is 2.00 bits per heavy atom. The Kier molecular flexibility index (Phi) is 8.45. The van der Waals surface area contributed by atoms with Gasteiger partial charge in [0.1, 0.15) is 4.33 Å². The Balaban J connectivity index is 1.44. The number of ketones is 1. The molecule has 1 saturated carbocycles. The molecule has 13 heteroatoms. The molecule has 4 rings (SSSR count). The van der Waals surface area contributed by atoms with E-state index in [0.717, 1.165) is 0 Å². The van der Waals surface area contributed by atoms with Crippen LogP contribution < -0.4 is 10.6 Å². The highest BCUT2D eigenvalue weighted by molar-refractivity contribution is 6.53. The molecule has 0 spiro atoms. The zero-order valence-electron chi connectivity index (χ0n) is 19.4. The average Bonchev–Trinajstić information content (AvgIpc) is 3.42. The number of halogens is 8. The van der Waals surface area contributed by atoms with Gasteiger partial charge >= 0.3 is 12.1 Å². The summed E-state index contributed by atoms with van der Waals surface area (Å²) in [6.07, 6.45) is -5.17. The van der Waals surface area contributed by atoms with E-state index in [9.17, 15) is 27.6 Å². The van der Waals surface area contributed by atoms with Gasteiger partial charge in [-0.2, -0.15) is 13.2 Å². The van der Waals surface area contributed by atoms with E-state index in [1.165, 1.54) is 42.5 Å². The van der Waals surface area contributed by atoms with Crippen molar-refractivity contribution in [3.05, 3.63) is 92.4 Å². The SMILES string of the molecule is O=C(Cc1ccc(NC(=O)C(F)(F)F)cc1)c1cc(NC(=O)C2C(c3cc(Cl)cc(Cl)c3)C2(Cl)Cl)ccc1Cl. The lowest BCUT2D eigenvalue weighted by molar-refractivity contribution is -0.167. The van der Waals surface area contributed by atoms with Crippen LogP contribution in [0, 0.1) is 5.92 Å². The normalized spacial score (nSPS) is 17.8. The summed E-state index contributed by atoms with van der Waals surface area (Å²) in [5, 5.41) is 5.29. The predicted molar refractivity (Wildman–Crippen MR) is 146 cm³/mol. The molecule has 1 aliphatic rings. The maximum atomic E-state index is 13.0. The minimum atomic E-state index is -5.02. The first-order chi connectivity index (χ1) is 18.2. The summed E-state index contributed by atoms with van der Waals surface area (Å²) in [7, 11) is 0. The van der Waals surface area contributed by atoms with Crippen molar-refractivity contribution in [2.75, 3.05) is 10.6 Å². The van der Waals surface area contributed by atoms with Gasteiger partial charge in [0.15, 0.2) is 5.78 Å². The van der Waals surface area contributed by atoms with Gasteiger partial charge < -0.3 is 10.6 Å². The molecule has 204 valence electrons. The van der Waals surface area contributed by atoms with Gasteiger partial charge in [0.25, 0.3) is 0 Å². The molecule has 0 bridgehead atoms. The minimum Gasteiger partial charge on any atom is -0.326 e. The predicted octanol–water partition coefficient (Wildman–Crippen LogP) is 8.10. The third kappa shape index (κ3) is 6.81. The van der Waals surface area contributed by atoms with Crippen LogP contribution in [0.15, 0.2) is 60.7 Å². The number of benzene rings is 3.